The van der Waals surface area contributed by atoms with Crippen LogP contribution in [0.2, 0.25) is 5.02 Å². The standard InChI is InChI=1S/C37H48ClN3O6S/c1-5-32(36(43)40(3)4)47-33-11-7-6-9-24(2)48(44,45)39-35(42)26-13-17-34-31(20-26)41(21-27-12-15-29(27)33)22-37(23-46-34)18-8-10-25-19-28(38)14-16-30(25)37/h7,11,13-14,16-17,19-20,24,27,29,32-33H,5-6,8-10,12,15,18,21-23H2,1-4H3,(H,39,42)/b11-7-/t24-,27+,29-,32+,33+,37+/m1/s1. The molecule has 4 aliphatic rings. The molecule has 0 unspecified atom stereocenters. The summed E-state index contributed by atoms with van der Waals surface area (Å²) in [5, 5.41) is -0.0583. The van der Waals surface area contributed by atoms with Crippen molar-refractivity contribution in [1.29, 1.82) is 0 Å². The Morgan fingerprint density at radius 1 is 1.19 bits per heavy atom. The monoisotopic (exact) mass is 697 g/mol. The third-order valence-corrected chi connectivity index (χ3v) is 12.9. The summed E-state index contributed by atoms with van der Waals surface area (Å²) < 4.78 is 42.0. The summed E-state index contributed by atoms with van der Waals surface area (Å²) in [5.41, 5.74) is 3.26. The zero-order chi connectivity index (χ0) is 34.2. The van der Waals surface area contributed by atoms with Crippen LogP contribution in [0.15, 0.2) is 48.6 Å². The van der Waals surface area contributed by atoms with Crippen molar-refractivity contribution in [3.05, 3.63) is 70.3 Å². The van der Waals surface area contributed by atoms with Gasteiger partial charge in [0.25, 0.3) is 11.8 Å². The second kappa shape index (κ2) is 14.0. The lowest BCUT2D eigenvalue weighted by Crippen LogP contribution is -2.50. The average Bonchev–Trinajstić information content (AvgIpc) is 3.19. The van der Waals surface area contributed by atoms with E-state index in [0.717, 1.165) is 42.8 Å². The van der Waals surface area contributed by atoms with Crippen molar-refractivity contribution in [2.75, 3.05) is 38.7 Å². The summed E-state index contributed by atoms with van der Waals surface area (Å²) in [7, 11) is -0.431. The summed E-state index contributed by atoms with van der Waals surface area (Å²) in [6.07, 6.45) is 9.44. The van der Waals surface area contributed by atoms with Crippen molar-refractivity contribution in [3.8, 4) is 5.75 Å². The molecule has 6 rings (SSSR count). The zero-order valence-electron chi connectivity index (χ0n) is 28.4. The van der Waals surface area contributed by atoms with E-state index in [9.17, 15) is 18.0 Å². The van der Waals surface area contributed by atoms with Crippen LogP contribution >= 0.6 is 11.6 Å². The van der Waals surface area contributed by atoms with Gasteiger partial charge in [0.05, 0.1) is 23.6 Å². The molecule has 6 atom stereocenters. The number of carbonyl (C=O) groups excluding carboxylic acids is 2. The fraction of sp³-hybridized carbons (Fsp3) is 0.568. The number of hydrogen-bond acceptors (Lipinski definition) is 7. The molecule has 2 aromatic carbocycles. The lowest BCUT2D eigenvalue weighted by atomic mass is 9.68. The van der Waals surface area contributed by atoms with Crippen LogP contribution in [-0.2, 0) is 31.4 Å². The third-order valence-electron chi connectivity index (χ3n) is 10.9. The summed E-state index contributed by atoms with van der Waals surface area (Å²) in [5.74, 6) is 0.413. The van der Waals surface area contributed by atoms with E-state index >= 15 is 0 Å². The van der Waals surface area contributed by atoms with Crippen LogP contribution in [0.1, 0.15) is 80.3 Å². The number of rotatable bonds is 4. The normalized spacial score (nSPS) is 29.6. The van der Waals surface area contributed by atoms with Gasteiger partial charge in [0.2, 0.25) is 10.0 Å². The molecule has 260 valence electrons. The summed E-state index contributed by atoms with van der Waals surface area (Å²) in [4.78, 5) is 30.4. The Hall–Kier alpha value is -3.08. The first kappa shape index (κ1) is 34.8. The molecule has 2 amide bonds. The van der Waals surface area contributed by atoms with Gasteiger partial charge in [0.1, 0.15) is 11.9 Å². The summed E-state index contributed by atoms with van der Waals surface area (Å²) >= 11 is 6.44. The Morgan fingerprint density at radius 3 is 2.73 bits per heavy atom. The molecule has 11 heteroatoms. The molecule has 2 aliphatic carbocycles. The van der Waals surface area contributed by atoms with Crippen molar-refractivity contribution in [1.82, 2.24) is 9.62 Å². The predicted octanol–water partition coefficient (Wildman–Crippen LogP) is 5.89. The number of ether oxygens (including phenoxy) is 2. The SMILES string of the molecule is CC[C@H](O[C@H]1/C=C\CC[C@@H](C)S(=O)(=O)NC(=O)c2ccc3c(c2)N(C[C@@H]2CC[C@H]21)C[C@@]1(CCCc2cc(Cl)ccc21)CO3)C(=O)N(C)C. The van der Waals surface area contributed by atoms with Gasteiger partial charge < -0.3 is 19.3 Å². The Morgan fingerprint density at radius 2 is 2.00 bits per heavy atom. The average molecular weight is 698 g/mol. The first-order valence-electron chi connectivity index (χ1n) is 17.3. The molecule has 1 fully saturated rings. The van der Waals surface area contributed by atoms with Crippen LogP contribution in [-0.4, -0.2) is 76.4 Å². The Bertz CT molecular complexity index is 1680. The number of allylic oxidation sites excluding steroid dienone is 1. The van der Waals surface area contributed by atoms with Gasteiger partial charge in [-0.25, -0.2) is 13.1 Å². The quantitative estimate of drug-likeness (QED) is 0.398. The number of nitrogens with zero attached hydrogens (tertiary/aromatic N) is 2. The minimum absolute atomic E-state index is 0.0616. The Balaban J connectivity index is 1.41. The van der Waals surface area contributed by atoms with E-state index in [0.29, 0.717) is 44.7 Å². The molecule has 2 bridgehead atoms. The highest BCUT2D eigenvalue weighted by Crippen LogP contribution is 2.47. The van der Waals surface area contributed by atoms with Crippen LogP contribution in [0.3, 0.4) is 0 Å². The number of hydrogen-bond donors (Lipinski definition) is 1. The van der Waals surface area contributed by atoms with Crippen molar-refractivity contribution >= 4 is 39.1 Å². The van der Waals surface area contributed by atoms with E-state index in [1.165, 1.54) is 11.1 Å². The van der Waals surface area contributed by atoms with Crippen LogP contribution < -0.4 is 14.4 Å². The molecule has 48 heavy (non-hydrogen) atoms. The van der Waals surface area contributed by atoms with E-state index < -0.39 is 27.3 Å². The minimum atomic E-state index is -3.92. The van der Waals surface area contributed by atoms with Crippen LogP contribution in [0.5, 0.6) is 5.75 Å². The van der Waals surface area contributed by atoms with Crippen molar-refractivity contribution in [3.63, 3.8) is 0 Å². The van der Waals surface area contributed by atoms with Crippen molar-refractivity contribution in [2.24, 2.45) is 11.8 Å². The maximum atomic E-state index is 13.4. The van der Waals surface area contributed by atoms with Gasteiger partial charge in [-0.2, -0.15) is 0 Å². The number of amides is 2. The van der Waals surface area contributed by atoms with Gasteiger partial charge in [-0.1, -0.05) is 36.7 Å². The van der Waals surface area contributed by atoms with Gasteiger partial charge in [0.15, 0.2) is 0 Å². The fourth-order valence-corrected chi connectivity index (χ4v) is 9.11. The van der Waals surface area contributed by atoms with E-state index in [1.54, 1.807) is 44.1 Å². The van der Waals surface area contributed by atoms with E-state index in [4.69, 9.17) is 21.1 Å². The largest absolute Gasteiger partial charge is 0.490 e. The highest BCUT2D eigenvalue weighted by Gasteiger charge is 2.45. The molecule has 0 radical (unpaired) electrons. The number of carbonyl (C=O) groups is 2. The second-order valence-corrected chi connectivity index (χ2v) is 16.8. The number of sulfonamides is 1. The van der Waals surface area contributed by atoms with Crippen LogP contribution in [0, 0.1) is 11.8 Å². The van der Waals surface area contributed by atoms with Crippen LogP contribution in [0.4, 0.5) is 5.69 Å². The number of halogens is 1. The van der Waals surface area contributed by atoms with Gasteiger partial charge in [-0.3, -0.25) is 9.59 Å². The van der Waals surface area contributed by atoms with Crippen molar-refractivity contribution < 1.29 is 27.5 Å². The molecule has 2 aromatic rings. The molecule has 1 saturated carbocycles. The minimum Gasteiger partial charge on any atom is -0.490 e. The number of fused-ring (bicyclic) bond motifs is 4. The summed E-state index contributed by atoms with van der Waals surface area (Å²) in [6.45, 7) is 5.45. The Kier molecular flexibility index (Phi) is 10.2. The fourth-order valence-electron chi connectivity index (χ4n) is 7.89. The van der Waals surface area contributed by atoms with E-state index in [1.807, 2.05) is 25.1 Å². The molecule has 2 aliphatic heterocycles. The molecular weight excluding hydrogens is 650 g/mol. The third kappa shape index (κ3) is 6.98. The van der Waals surface area contributed by atoms with E-state index in [-0.39, 0.29) is 34.8 Å². The van der Waals surface area contributed by atoms with Crippen molar-refractivity contribution in [2.45, 2.75) is 88.1 Å². The maximum absolute atomic E-state index is 13.4. The van der Waals surface area contributed by atoms with Crippen LogP contribution in [0.25, 0.3) is 0 Å². The lowest BCUT2D eigenvalue weighted by molar-refractivity contribution is -0.148. The molecule has 2 heterocycles. The number of nitrogens with one attached hydrogen (secondary N) is 1. The number of aryl methyl sites for hydroxylation is 1. The topological polar surface area (TPSA) is 105 Å². The molecule has 9 nitrogen and oxygen atoms in total. The zero-order valence-corrected chi connectivity index (χ0v) is 30.0. The molecule has 0 saturated heterocycles. The van der Waals surface area contributed by atoms with Gasteiger partial charge in [0, 0.05) is 43.2 Å². The smallest absolute Gasteiger partial charge is 0.264 e. The van der Waals surface area contributed by atoms with Gasteiger partial charge in [-0.05, 0) is 112 Å². The number of anilines is 1. The maximum Gasteiger partial charge on any atom is 0.264 e. The highest BCUT2D eigenvalue weighted by molar-refractivity contribution is 7.90. The highest BCUT2D eigenvalue weighted by atomic mass is 35.5. The lowest BCUT2D eigenvalue weighted by Gasteiger charge is -2.46. The molecule has 1 spiro atoms. The van der Waals surface area contributed by atoms with Gasteiger partial charge in [-0.15, -0.1) is 0 Å². The Labute approximate surface area is 290 Å². The molecular formula is C37H48ClN3O6S. The molecule has 1 N–H and O–H groups in total. The number of benzene rings is 2. The molecule has 0 aromatic heterocycles. The predicted molar refractivity (Wildman–Crippen MR) is 188 cm³/mol. The first-order chi connectivity index (χ1) is 22.9. The second-order valence-electron chi connectivity index (χ2n) is 14.3. The number of likely N-dealkylation sites (N-methyl/N-ethyl adjacent to an activating group) is 1. The summed E-state index contributed by atoms with van der Waals surface area (Å²) in [6, 6.07) is 11.4. The van der Waals surface area contributed by atoms with Gasteiger partial charge >= 0.3 is 0 Å². The first-order valence-corrected chi connectivity index (χ1v) is 19.2. The van der Waals surface area contributed by atoms with E-state index in [2.05, 4.69) is 21.8 Å².